The fourth-order valence-corrected chi connectivity index (χ4v) is 1.88. The average molecular weight is 252 g/mol. The van der Waals surface area contributed by atoms with Crippen molar-refractivity contribution in [1.29, 1.82) is 0 Å². The molecule has 2 N–H and O–H groups in total. The van der Waals surface area contributed by atoms with E-state index in [4.69, 9.17) is 4.74 Å². The monoisotopic (exact) mass is 252 g/mol. The molecular formula is C13H17FN2O2. The maximum atomic E-state index is 13.3. The fraction of sp³-hybridized carbons (Fsp3) is 0.462. The number of morpholine rings is 1. The van der Waals surface area contributed by atoms with Gasteiger partial charge in [-0.25, -0.2) is 4.39 Å². The van der Waals surface area contributed by atoms with Crippen molar-refractivity contribution in [2.24, 2.45) is 0 Å². The third kappa shape index (κ3) is 3.78. The molecule has 1 aromatic carbocycles. The number of halogens is 1. The minimum absolute atomic E-state index is 0.0550. The van der Waals surface area contributed by atoms with Gasteiger partial charge >= 0.3 is 0 Å². The molecular weight excluding hydrogens is 235 g/mol. The van der Waals surface area contributed by atoms with Crippen LogP contribution in [0, 0.1) is 5.82 Å². The summed E-state index contributed by atoms with van der Waals surface area (Å²) in [5.41, 5.74) is 0.499. The number of carbonyl (C=O) groups is 1. The van der Waals surface area contributed by atoms with Gasteiger partial charge in [-0.05, 0) is 6.07 Å². The molecule has 1 heterocycles. The summed E-state index contributed by atoms with van der Waals surface area (Å²) in [5.74, 6) is -0.391. The van der Waals surface area contributed by atoms with Gasteiger partial charge in [0, 0.05) is 31.1 Å². The lowest BCUT2D eigenvalue weighted by Gasteiger charge is -2.23. The molecule has 1 aliphatic rings. The Morgan fingerprint density at radius 2 is 2.33 bits per heavy atom. The van der Waals surface area contributed by atoms with Crippen LogP contribution in [0.3, 0.4) is 0 Å². The Morgan fingerprint density at radius 1 is 1.50 bits per heavy atom. The average Bonchev–Trinajstić information content (AvgIpc) is 2.39. The second-order valence-electron chi connectivity index (χ2n) is 4.30. The molecule has 1 amide bonds. The lowest BCUT2D eigenvalue weighted by Crippen LogP contribution is -2.44. The third-order valence-electron chi connectivity index (χ3n) is 2.86. The zero-order valence-electron chi connectivity index (χ0n) is 10.1. The van der Waals surface area contributed by atoms with Crippen molar-refractivity contribution < 1.29 is 13.9 Å². The van der Waals surface area contributed by atoms with Gasteiger partial charge < -0.3 is 15.4 Å². The molecule has 1 saturated heterocycles. The van der Waals surface area contributed by atoms with Crippen molar-refractivity contribution in [1.82, 2.24) is 10.6 Å². The second kappa shape index (κ2) is 6.47. The van der Waals surface area contributed by atoms with E-state index in [1.54, 1.807) is 18.2 Å². The summed E-state index contributed by atoms with van der Waals surface area (Å²) in [7, 11) is 0. The third-order valence-corrected chi connectivity index (χ3v) is 2.86. The van der Waals surface area contributed by atoms with E-state index >= 15 is 0 Å². The number of ether oxygens (including phenoxy) is 1. The maximum absolute atomic E-state index is 13.3. The lowest BCUT2D eigenvalue weighted by atomic mass is 10.1. The normalized spacial score (nSPS) is 19.5. The van der Waals surface area contributed by atoms with Crippen molar-refractivity contribution in [3.63, 3.8) is 0 Å². The topological polar surface area (TPSA) is 50.4 Å². The van der Waals surface area contributed by atoms with Crippen LogP contribution in [0.1, 0.15) is 12.0 Å². The van der Waals surface area contributed by atoms with Crippen LogP contribution < -0.4 is 10.6 Å². The summed E-state index contributed by atoms with van der Waals surface area (Å²) in [6.45, 7) is 2.23. The SMILES string of the molecule is O=C(CC1COCCN1)NCc1ccccc1F. The zero-order chi connectivity index (χ0) is 12.8. The molecule has 2 rings (SSSR count). The van der Waals surface area contributed by atoms with Crippen molar-refractivity contribution in [2.45, 2.75) is 19.0 Å². The Labute approximate surface area is 106 Å². The van der Waals surface area contributed by atoms with Crippen LogP contribution in [-0.2, 0) is 16.1 Å². The van der Waals surface area contributed by atoms with Crippen LogP contribution in [0.15, 0.2) is 24.3 Å². The van der Waals surface area contributed by atoms with Gasteiger partial charge in [-0.3, -0.25) is 4.79 Å². The minimum Gasteiger partial charge on any atom is -0.378 e. The van der Waals surface area contributed by atoms with Gasteiger partial charge in [-0.1, -0.05) is 18.2 Å². The number of carbonyl (C=O) groups excluding carboxylic acids is 1. The van der Waals surface area contributed by atoms with Crippen molar-refractivity contribution >= 4 is 5.91 Å². The Bertz CT molecular complexity index is 406. The number of nitrogens with one attached hydrogen (secondary N) is 2. The van der Waals surface area contributed by atoms with E-state index in [9.17, 15) is 9.18 Å². The molecule has 0 aromatic heterocycles. The van der Waals surface area contributed by atoms with Gasteiger partial charge in [0.15, 0.2) is 0 Å². The first-order chi connectivity index (χ1) is 8.75. The van der Waals surface area contributed by atoms with Gasteiger partial charge in [0.25, 0.3) is 0 Å². The van der Waals surface area contributed by atoms with Crippen LogP contribution in [0.5, 0.6) is 0 Å². The van der Waals surface area contributed by atoms with Crippen LogP contribution in [-0.4, -0.2) is 31.7 Å². The first-order valence-corrected chi connectivity index (χ1v) is 6.07. The highest BCUT2D eigenvalue weighted by atomic mass is 19.1. The predicted molar refractivity (Wildman–Crippen MR) is 65.5 cm³/mol. The maximum Gasteiger partial charge on any atom is 0.221 e. The molecule has 1 aliphatic heterocycles. The Balaban J connectivity index is 1.76. The quantitative estimate of drug-likeness (QED) is 0.834. The van der Waals surface area contributed by atoms with Gasteiger partial charge in [0.1, 0.15) is 5.82 Å². The first kappa shape index (κ1) is 13.0. The van der Waals surface area contributed by atoms with E-state index < -0.39 is 0 Å². The fourth-order valence-electron chi connectivity index (χ4n) is 1.88. The molecule has 1 fully saturated rings. The standard InChI is InChI=1S/C13H17FN2O2/c14-12-4-2-1-3-10(12)8-16-13(17)7-11-9-18-6-5-15-11/h1-4,11,15H,5-9H2,(H,16,17). The summed E-state index contributed by atoms with van der Waals surface area (Å²) in [6, 6.07) is 6.49. The van der Waals surface area contributed by atoms with Crippen molar-refractivity contribution in [3.05, 3.63) is 35.6 Å². The van der Waals surface area contributed by atoms with E-state index in [2.05, 4.69) is 10.6 Å². The van der Waals surface area contributed by atoms with Gasteiger partial charge in [0.05, 0.1) is 13.2 Å². The van der Waals surface area contributed by atoms with Crippen molar-refractivity contribution in [3.8, 4) is 0 Å². The molecule has 1 unspecified atom stereocenters. The summed E-state index contributed by atoms with van der Waals surface area (Å²) in [5, 5.41) is 5.91. The van der Waals surface area contributed by atoms with E-state index in [0.29, 0.717) is 25.2 Å². The summed E-state index contributed by atoms with van der Waals surface area (Å²) < 4.78 is 18.6. The summed E-state index contributed by atoms with van der Waals surface area (Å²) >= 11 is 0. The molecule has 0 saturated carbocycles. The van der Waals surface area contributed by atoms with Crippen molar-refractivity contribution in [2.75, 3.05) is 19.8 Å². The van der Waals surface area contributed by atoms with E-state index in [0.717, 1.165) is 6.54 Å². The molecule has 1 atom stereocenters. The Hall–Kier alpha value is -1.46. The lowest BCUT2D eigenvalue weighted by molar-refractivity contribution is -0.122. The first-order valence-electron chi connectivity index (χ1n) is 6.07. The molecule has 0 spiro atoms. The molecule has 98 valence electrons. The largest absolute Gasteiger partial charge is 0.378 e. The van der Waals surface area contributed by atoms with Gasteiger partial charge in [-0.2, -0.15) is 0 Å². The number of amides is 1. The van der Waals surface area contributed by atoms with Crippen LogP contribution in [0.2, 0.25) is 0 Å². The number of rotatable bonds is 4. The Kier molecular flexibility index (Phi) is 4.66. The highest BCUT2D eigenvalue weighted by molar-refractivity contribution is 5.76. The van der Waals surface area contributed by atoms with Gasteiger partial charge in [-0.15, -0.1) is 0 Å². The highest BCUT2D eigenvalue weighted by Crippen LogP contribution is 2.06. The van der Waals surface area contributed by atoms with Gasteiger partial charge in [0.2, 0.25) is 5.91 Å². The van der Waals surface area contributed by atoms with E-state index in [1.807, 2.05) is 0 Å². The smallest absolute Gasteiger partial charge is 0.221 e. The molecule has 1 aromatic rings. The number of benzene rings is 1. The molecule has 4 nitrogen and oxygen atoms in total. The second-order valence-corrected chi connectivity index (χ2v) is 4.30. The summed E-state index contributed by atoms with van der Waals surface area (Å²) in [6.07, 6.45) is 0.356. The molecule has 0 aliphatic carbocycles. The highest BCUT2D eigenvalue weighted by Gasteiger charge is 2.16. The Morgan fingerprint density at radius 3 is 3.06 bits per heavy atom. The molecule has 0 bridgehead atoms. The number of hydrogen-bond acceptors (Lipinski definition) is 3. The number of hydrogen-bond donors (Lipinski definition) is 2. The van der Waals surface area contributed by atoms with E-state index in [1.165, 1.54) is 6.07 Å². The molecule has 5 heteroatoms. The molecule has 18 heavy (non-hydrogen) atoms. The van der Waals surface area contributed by atoms with Crippen LogP contribution in [0.25, 0.3) is 0 Å². The van der Waals surface area contributed by atoms with Crippen LogP contribution >= 0.6 is 0 Å². The van der Waals surface area contributed by atoms with Crippen LogP contribution in [0.4, 0.5) is 4.39 Å². The molecule has 0 radical (unpaired) electrons. The predicted octanol–water partition coefficient (Wildman–Crippen LogP) is 0.820. The zero-order valence-corrected chi connectivity index (χ0v) is 10.1. The van der Waals surface area contributed by atoms with E-state index in [-0.39, 0.29) is 24.3 Å². The summed E-state index contributed by atoms with van der Waals surface area (Å²) in [4.78, 5) is 11.7. The minimum atomic E-state index is -0.295.